The van der Waals surface area contributed by atoms with Crippen molar-refractivity contribution in [2.75, 3.05) is 26.2 Å². The highest BCUT2D eigenvalue weighted by molar-refractivity contribution is 7.87. The zero-order valence-electron chi connectivity index (χ0n) is 13.6. The molecule has 2 fully saturated rings. The first kappa shape index (κ1) is 18.0. The maximum Gasteiger partial charge on any atom is 0.410 e. The highest BCUT2D eigenvalue weighted by Gasteiger charge is 2.39. The Labute approximate surface area is 136 Å². The summed E-state index contributed by atoms with van der Waals surface area (Å²) in [5, 5.41) is -1.24. The van der Waals surface area contributed by atoms with Gasteiger partial charge in [0.1, 0.15) is 10.9 Å². The summed E-state index contributed by atoms with van der Waals surface area (Å²) in [4.78, 5) is 26.5. The zero-order chi connectivity index (χ0) is 17.4. The molecule has 0 bridgehead atoms. The average Bonchev–Trinajstić information content (AvgIpc) is 2.66. The SMILES string of the molecule is CC(C)(C)OC(=O)N1CC(CCN2CC(S(=O)(=O)F)CC2=O)C1. The number of likely N-dealkylation sites (tertiary alicyclic amines) is 2. The van der Waals surface area contributed by atoms with E-state index in [1.54, 1.807) is 25.7 Å². The molecule has 2 aliphatic rings. The molecule has 23 heavy (non-hydrogen) atoms. The van der Waals surface area contributed by atoms with Crippen molar-refractivity contribution in [1.29, 1.82) is 0 Å². The van der Waals surface area contributed by atoms with Crippen LogP contribution in [0.5, 0.6) is 0 Å². The fourth-order valence-electron chi connectivity index (χ4n) is 2.71. The van der Waals surface area contributed by atoms with E-state index in [1.165, 1.54) is 4.90 Å². The summed E-state index contributed by atoms with van der Waals surface area (Å²) in [7, 11) is -4.67. The van der Waals surface area contributed by atoms with Crippen LogP contribution in [0.15, 0.2) is 0 Å². The van der Waals surface area contributed by atoms with E-state index in [4.69, 9.17) is 4.74 Å². The number of nitrogens with zero attached hydrogens (tertiary/aromatic N) is 2. The average molecular weight is 350 g/mol. The van der Waals surface area contributed by atoms with Gasteiger partial charge in [0.05, 0.1) is 0 Å². The number of hydrogen-bond acceptors (Lipinski definition) is 5. The lowest BCUT2D eigenvalue weighted by Gasteiger charge is -2.40. The van der Waals surface area contributed by atoms with E-state index >= 15 is 0 Å². The van der Waals surface area contributed by atoms with Gasteiger partial charge in [-0.15, -0.1) is 3.89 Å². The minimum atomic E-state index is -4.67. The summed E-state index contributed by atoms with van der Waals surface area (Å²) < 4.78 is 39.9. The van der Waals surface area contributed by atoms with E-state index in [-0.39, 0.29) is 30.9 Å². The van der Waals surface area contributed by atoms with Gasteiger partial charge in [0, 0.05) is 32.6 Å². The smallest absolute Gasteiger partial charge is 0.410 e. The number of halogens is 1. The van der Waals surface area contributed by atoms with E-state index in [2.05, 4.69) is 0 Å². The lowest BCUT2D eigenvalue weighted by Crippen LogP contribution is -2.52. The van der Waals surface area contributed by atoms with Crippen LogP contribution in [0.1, 0.15) is 33.6 Å². The van der Waals surface area contributed by atoms with Gasteiger partial charge >= 0.3 is 16.3 Å². The third-order valence-electron chi connectivity index (χ3n) is 3.99. The third-order valence-corrected chi connectivity index (χ3v) is 5.11. The molecule has 2 aliphatic heterocycles. The van der Waals surface area contributed by atoms with E-state index in [0.717, 1.165) is 0 Å². The van der Waals surface area contributed by atoms with Gasteiger partial charge in [-0.1, -0.05) is 0 Å². The van der Waals surface area contributed by atoms with E-state index in [9.17, 15) is 21.9 Å². The fourth-order valence-corrected chi connectivity index (χ4v) is 3.41. The quantitative estimate of drug-likeness (QED) is 0.710. The standard InChI is InChI=1S/C14H23FN2O5S/c1-14(2,3)22-13(19)17-7-10(8-17)4-5-16-9-11(6-12(16)18)23(15,20)21/h10-11H,4-9H2,1-3H3. The molecule has 0 spiro atoms. The van der Waals surface area contributed by atoms with Gasteiger partial charge in [-0.3, -0.25) is 4.79 Å². The number of ether oxygens (including phenoxy) is 1. The highest BCUT2D eigenvalue weighted by atomic mass is 32.3. The van der Waals surface area contributed by atoms with Gasteiger partial charge in [-0.2, -0.15) is 8.42 Å². The summed E-state index contributed by atoms with van der Waals surface area (Å²) in [5.74, 6) is -0.0871. The van der Waals surface area contributed by atoms with Crippen LogP contribution in [0.3, 0.4) is 0 Å². The molecule has 1 atom stereocenters. The molecule has 0 aromatic rings. The largest absolute Gasteiger partial charge is 0.444 e. The molecule has 0 aliphatic carbocycles. The molecule has 7 nitrogen and oxygen atoms in total. The molecule has 0 N–H and O–H groups in total. The number of hydrogen-bond donors (Lipinski definition) is 0. The van der Waals surface area contributed by atoms with Crippen LogP contribution >= 0.6 is 0 Å². The van der Waals surface area contributed by atoms with Gasteiger partial charge < -0.3 is 14.5 Å². The first-order chi connectivity index (χ1) is 10.5. The van der Waals surface area contributed by atoms with Gasteiger partial charge in [0.2, 0.25) is 5.91 Å². The fraction of sp³-hybridized carbons (Fsp3) is 0.857. The van der Waals surface area contributed by atoms with E-state index in [0.29, 0.717) is 26.1 Å². The Morgan fingerprint density at radius 3 is 2.39 bits per heavy atom. The van der Waals surface area contributed by atoms with E-state index < -0.39 is 21.1 Å². The Morgan fingerprint density at radius 1 is 1.30 bits per heavy atom. The Bertz CT molecular complexity index is 580. The number of carbonyl (C=O) groups is 2. The van der Waals surface area contributed by atoms with Crippen LogP contribution in [0.25, 0.3) is 0 Å². The molecule has 2 heterocycles. The predicted octanol–water partition coefficient (Wildman–Crippen LogP) is 1.14. The molecule has 0 radical (unpaired) electrons. The molecular weight excluding hydrogens is 327 g/mol. The second kappa shape index (κ2) is 6.26. The highest BCUT2D eigenvalue weighted by Crippen LogP contribution is 2.25. The van der Waals surface area contributed by atoms with Crippen molar-refractivity contribution < 1.29 is 26.6 Å². The minimum Gasteiger partial charge on any atom is -0.444 e. The molecule has 2 rings (SSSR count). The van der Waals surface area contributed by atoms with Crippen molar-refractivity contribution in [2.45, 2.75) is 44.5 Å². The lowest BCUT2D eigenvalue weighted by atomic mass is 9.97. The molecule has 0 aromatic carbocycles. The monoisotopic (exact) mass is 350 g/mol. The van der Waals surface area contributed by atoms with Crippen LogP contribution in [0, 0.1) is 5.92 Å². The van der Waals surface area contributed by atoms with Crippen molar-refractivity contribution >= 4 is 22.2 Å². The van der Waals surface area contributed by atoms with Gasteiger partial charge in [-0.25, -0.2) is 4.79 Å². The summed E-state index contributed by atoms with van der Waals surface area (Å²) in [6, 6.07) is 0. The van der Waals surface area contributed by atoms with Gasteiger partial charge in [0.15, 0.2) is 0 Å². The van der Waals surface area contributed by atoms with Crippen molar-refractivity contribution in [3.05, 3.63) is 0 Å². The molecule has 2 amide bonds. The zero-order valence-corrected chi connectivity index (χ0v) is 14.4. The predicted molar refractivity (Wildman–Crippen MR) is 80.9 cm³/mol. The van der Waals surface area contributed by atoms with Crippen LogP contribution in [-0.4, -0.2) is 67.2 Å². The van der Waals surface area contributed by atoms with Gasteiger partial charge in [-0.05, 0) is 33.1 Å². The maximum absolute atomic E-state index is 12.9. The molecule has 0 aromatic heterocycles. The Hall–Kier alpha value is -1.38. The number of carbonyl (C=O) groups excluding carboxylic acids is 2. The molecule has 9 heteroatoms. The number of rotatable bonds is 4. The molecule has 0 saturated carbocycles. The van der Waals surface area contributed by atoms with E-state index in [1.807, 2.05) is 0 Å². The Balaban J connectivity index is 1.71. The molecule has 1 unspecified atom stereocenters. The normalized spacial score (nSPS) is 23.1. The summed E-state index contributed by atoms with van der Waals surface area (Å²) in [6.07, 6.45) is 0.0204. The van der Waals surface area contributed by atoms with Crippen molar-refractivity contribution in [3.8, 4) is 0 Å². The second-order valence-corrected chi connectivity index (χ2v) is 8.80. The molecule has 132 valence electrons. The van der Waals surface area contributed by atoms with Crippen molar-refractivity contribution in [1.82, 2.24) is 9.80 Å². The van der Waals surface area contributed by atoms with Crippen LogP contribution in [0.2, 0.25) is 0 Å². The maximum atomic E-state index is 12.9. The first-order valence-electron chi connectivity index (χ1n) is 7.65. The van der Waals surface area contributed by atoms with Crippen LogP contribution in [0.4, 0.5) is 8.68 Å². The number of amides is 2. The molecule has 2 saturated heterocycles. The Morgan fingerprint density at radius 2 is 1.91 bits per heavy atom. The lowest BCUT2D eigenvalue weighted by molar-refractivity contribution is -0.128. The summed E-state index contributed by atoms with van der Waals surface area (Å²) >= 11 is 0. The molecular formula is C14H23FN2O5S. The first-order valence-corrected chi connectivity index (χ1v) is 9.09. The van der Waals surface area contributed by atoms with Crippen molar-refractivity contribution in [2.24, 2.45) is 5.92 Å². The van der Waals surface area contributed by atoms with Crippen molar-refractivity contribution in [3.63, 3.8) is 0 Å². The third kappa shape index (κ3) is 4.79. The minimum absolute atomic E-state index is 0.0832. The van der Waals surface area contributed by atoms with Gasteiger partial charge in [0.25, 0.3) is 0 Å². The summed E-state index contributed by atoms with van der Waals surface area (Å²) in [5.41, 5.74) is -0.531. The van der Waals surface area contributed by atoms with Crippen LogP contribution < -0.4 is 0 Å². The van der Waals surface area contributed by atoms with Crippen LogP contribution in [-0.2, 0) is 19.8 Å². The topological polar surface area (TPSA) is 84.0 Å². The second-order valence-electron chi connectivity index (χ2n) is 7.18. The Kier molecular flexibility index (Phi) is 4.89. The summed E-state index contributed by atoms with van der Waals surface area (Å²) in [6.45, 7) is 6.82.